The van der Waals surface area contributed by atoms with Gasteiger partial charge in [-0.15, -0.1) is 0 Å². The fourth-order valence-corrected chi connectivity index (χ4v) is 4.78. The molecule has 0 amide bonds. The number of aliphatic hydroxyl groups is 3. The SMILES string of the molecule is CCC(C)(C)C(=O)OC1CC(C)(O)C=C2C=CC(C)C(CCC(O)CC(O)CC(=O)O)C21. The predicted molar refractivity (Wildman–Crippen MR) is 121 cm³/mol. The van der Waals surface area contributed by atoms with E-state index in [0.717, 1.165) is 5.57 Å². The van der Waals surface area contributed by atoms with E-state index in [4.69, 9.17) is 9.84 Å². The molecule has 0 bridgehead atoms. The predicted octanol–water partition coefficient (Wildman–Crippen LogP) is 3.22. The van der Waals surface area contributed by atoms with E-state index in [9.17, 15) is 24.9 Å². The molecule has 0 saturated carbocycles. The number of fused-ring (bicyclic) bond motifs is 1. The van der Waals surface area contributed by atoms with Crippen LogP contribution in [0.25, 0.3) is 0 Å². The van der Waals surface area contributed by atoms with Crippen LogP contribution in [-0.2, 0) is 14.3 Å². The number of allylic oxidation sites excluding steroid dienone is 2. The summed E-state index contributed by atoms with van der Waals surface area (Å²) in [4.78, 5) is 23.6. The second-order valence-electron chi connectivity index (χ2n) is 10.5. The zero-order valence-corrected chi connectivity index (χ0v) is 20.0. The van der Waals surface area contributed by atoms with Crippen LogP contribution in [0.3, 0.4) is 0 Å². The van der Waals surface area contributed by atoms with Crippen molar-refractivity contribution >= 4 is 11.9 Å². The molecule has 0 heterocycles. The van der Waals surface area contributed by atoms with Gasteiger partial charge in [-0.05, 0) is 69.9 Å². The normalized spacial score (nSPS) is 31.9. The van der Waals surface area contributed by atoms with Crippen molar-refractivity contribution < 1.29 is 34.8 Å². The molecule has 7 nitrogen and oxygen atoms in total. The van der Waals surface area contributed by atoms with Gasteiger partial charge in [0.2, 0.25) is 0 Å². The molecule has 7 unspecified atom stereocenters. The third-order valence-corrected chi connectivity index (χ3v) is 7.09. The van der Waals surface area contributed by atoms with E-state index in [-0.39, 0.29) is 30.1 Å². The molecule has 2 rings (SSSR count). The van der Waals surface area contributed by atoms with Crippen molar-refractivity contribution in [3.63, 3.8) is 0 Å². The molecule has 4 N–H and O–H groups in total. The lowest BCUT2D eigenvalue weighted by Gasteiger charge is -2.45. The fourth-order valence-electron chi connectivity index (χ4n) is 4.78. The second-order valence-corrected chi connectivity index (χ2v) is 10.5. The van der Waals surface area contributed by atoms with E-state index in [1.165, 1.54) is 0 Å². The Hall–Kier alpha value is -1.70. The Morgan fingerprint density at radius 3 is 2.53 bits per heavy atom. The first-order chi connectivity index (χ1) is 14.8. The summed E-state index contributed by atoms with van der Waals surface area (Å²) < 4.78 is 6.00. The van der Waals surface area contributed by atoms with Gasteiger partial charge in [0.1, 0.15) is 6.10 Å². The minimum absolute atomic E-state index is 0.00835. The first-order valence-corrected chi connectivity index (χ1v) is 11.7. The number of rotatable bonds is 10. The van der Waals surface area contributed by atoms with Crippen LogP contribution < -0.4 is 0 Å². The largest absolute Gasteiger partial charge is 0.481 e. The average Bonchev–Trinajstić information content (AvgIpc) is 2.65. The third-order valence-electron chi connectivity index (χ3n) is 7.09. The highest BCUT2D eigenvalue weighted by Crippen LogP contribution is 2.46. The minimum Gasteiger partial charge on any atom is -0.481 e. The Labute approximate surface area is 191 Å². The number of carboxylic acid groups (broad SMARTS) is 1. The van der Waals surface area contributed by atoms with Crippen molar-refractivity contribution in [2.45, 2.75) is 97.1 Å². The summed E-state index contributed by atoms with van der Waals surface area (Å²) in [7, 11) is 0. The minimum atomic E-state index is -1.10. The maximum Gasteiger partial charge on any atom is 0.311 e. The highest BCUT2D eigenvalue weighted by molar-refractivity contribution is 5.76. The molecule has 32 heavy (non-hydrogen) atoms. The highest BCUT2D eigenvalue weighted by Gasteiger charge is 2.46. The van der Waals surface area contributed by atoms with Gasteiger partial charge in [0.25, 0.3) is 0 Å². The van der Waals surface area contributed by atoms with Crippen LogP contribution in [0.5, 0.6) is 0 Å². The Bertz CT molecular complexity index is 737. The average molecular weight is 453 g/mol. The van der Waals surface area contributed by atoms with E-state index in [0.29, 0.717) is 25.7 Å². The van der Waals surface area contributed by atoms with E-state index < -0.39 is 41.7 Å². The maximum atomic E-state index is 12.9. The zero-order chi connectivity index (χ0) is 24.3. The zero-order valence-electron chi connectivity index (χ0n) is 20.0. The van der Waals surface area contributed by atoms with Gasteiger partial charge in [-0.3, -0.25) is 9.59 Å². The number of hydrogen-bond acceptors (Lipinski definition) is 6. The topological polar surface area (TPSA) is 124 Å². The standard InChI is InChI=1S/C25H40O7/c1-6-24(3,4)23(30)32-20-14-25(5,31)13-16-8-7-15(2)19(22(16)20)10-9-17(26)11-18(27)12-21(28)29/h7-8,13,15,17-20,22,26-27,31H,6,9-12,14H2,1-5H3,(H,28,29). The number of carboxylic acids is 1. The van der Waals surface area contributed by atoms with Crippen molar-refractivity contribution in [2.24, 2.45) is 23.2 Å². The molecule has 0 radical (unpaired) electrons. The molecule has 0 aromatic heterocycles. The molecule has 7 heteroatoms. The molecule has 2 aliphatic rings. The van der Waals surface area contributed by atoms with E-state index in [1.807, 2.05) is 32.9 Å². The van der Waals surface area contributed by atoms with Crippen LogP contribution in [0.4, 0.5) is 0 Å². The molecule has 0 aromatic carbocycles. The van der Waals surface area contributed by atoms with Crippen molar-refractivity contribution in [1.82, 2.24) is 0 Å². The lowest BCUT2D eigenvalue weighted by Crippen LogP contribution is -2.47. The lowest BCUT2D eigenvalue weighted by molar-refractivity contribution is -0.167. The van der Waals surface area contributed by atoms with Gasteiger partial charge in [0.15, 0.2) is 0 Å². The summed E-state index contributed by atoms with van der Waals surface area (Å²) >= 11 is 0. The molecular formula is C25H40O7. The van der Waals surface area contributed by atoms with Gasteiger partial charge < -0.3 is 25.2 Å². The summed E-state index contributed by atoms with van der Waals surface area (Å²) in [6.45, 7) is 9.46. The summed E-state index contributed by atoms with van der Waals surface area (Å²) in [6.07, 6.45) is 5.14. The molecule has 2 aliphatic carbocycles. The van der Waals surface area contributed by atoms with Crippen LogP contribution in [0, 0.1) is 23.2 Å². The smallest absolute Gasteiger partial charge is 0.311 e. The summed E-state index contributed by atoms with van der Waals surface area (Å²) in [6, 6.07) is 0. The Balaban J connectivity index is 2.18. The van der Waals surface area contributed by atoms with Gasteiger partial charge in [-0.1, -0.05) is 26.0 Å². The van der Waals surface area contributed by atoms with E-state index >= 15 is 0 Å². The summed E-state index contributed by atoms with van der Waals surface area (Å²) in [5.74, 6) is -1.21. The lowest BCUT2D eigenvalue weighted by atomic mass is 9.64. The molecule has 0 saturated heterocycles. The molecule has 0 fully saturated rings. The summed E-state index contributed by atoms with van der Waals surface area (Å²) in [5.41, 5.74) is -0.755. The van der Waals surface area contributed by atoms with Crippen molar-refractivity contribution in [2.75, 3.05) is 0 Å². The molecule has 0 aromatic rings. The number of ether oxygens (including phenoxy) is 1. The second kappa shape index (κ2) is 10.5. The Kier molecular flexibility index (Phi) is 8.70. The van der Waals surface area contributed by atoms with E-state index in [2.05, 4.69) is 13.0 Å². The molecule has 0 aliphatic heterocycles. The fraction of sp³-hybridized carbons (Fsp3) is 0.760. The quantitative estimate of drug-likeness (QED) is 0.375. The van der Waals surface area contributed by atoms with Gasteiger partial charge in [0, 0.05) is 12.3 Å². The number of aliphatic hydroxyl groups excluding tert-OH is 2. The highest BCUT2D eigenvalue weighted by atomic mass is 16.5. The first kappa shape index (κ1) is 26.6. The maximum absolute atomic E-state index is 12.9. The van der Waals surface area contributed by atoms with Crippen LogP contribution in [-0.4, -0.2) is 56.3 Å². The van der Waals surface area contributed by atoms with Gasteiger partial charge in [-0.2, -0.15) is 0 Å². The van der Waals surface area contributed by atoms with Crippen LogP contribution in [0.2, 0.25) is 0 Å². The number of carbonyl (C=O) groups is 2. The van der Waals surface area contributed by atoms with Gasteiger partial charge >= 0.3 is 11.9 Å². The number of carbonyl (C=O) groups excluding carboxylic acids is 1. The van der Waals surface area contributed by atoms with Crippen molar-refractivity contribution in [1.29, 1.82) is 0 Å². The first-order valence-electron chi connectivity index (χ1n) is 11.7. The molecule has 182 valence electrons. The van der Waals surface area contributed by atoms with Crippen LogP contribution >= 0.6 is 0 Å². The Morgan fingerprint density at radius 2 is 1.94 bits per heavy atom. The third kappa shape index (κ3) is 6.90. The molecular weight excluding hydrogens is 412 g/mol. The number of hydrogen-bond donors (Lipinski definition) is 4. The summed E-state index contributed by atoms with van der Waals surface area (Å²) in [5, 5.41) is 39.8. The van der Waals surface area contributed by atoms with Crippen molar-refractivity contribution in [3.05, 3.63) is 23.8 Å². The van der Waals surface area contributed by atoms with E-state index in [1.54, 1.807) is 6.92 Å². The molecule has 0 spiro atoms. The molecule has 7 atom stereocenters. The van der Waals surface area contributed by atoms with Gasteiger partial charge in [0.05, 0.1) is 29.6 Å². The Morgan fingerprint density at radius 1 is 1.28 bits per heavy atom. The van der Waals surface area contributed by atoms with Crippen LogP contribution in [0.1, 0.15) is 73.1 Å². The van der Waals surface area contributed by atoms with Crippen molar-refractivity contribution in [3.8, 4) is 0 Å². The number of esters is 1. The monoisotopic (exact) mass is 452 g/mol. The van der Waals surface area contributed by atoms with Crippen LogP contribution in [0.15, 0.2) is 23.8 Å². The number of aliphatic carboxylic acids is 1. The van der Waals surface area contributed by atoms with Gasteiger partial charge in [-0.25, -0.2) is 0 Å².